The number of phenols is 1. The van der Waals surface area contributed by atoms with Gasteiger partial charge in [0.1, 0.15) is 5.75 Å². The van der Waals surface area contributed by atoms with Gasteiger partial charge in [0.05, 0.1) is 0 Å². The summed E-state index contributed by atoms with van der Waals surface area (Å²) in [5.41, 5.74) is 6.46. The summed E-state index contributed by atoms with van der Waals surface area (Å²) in [6.45, 7) is 9.21. The van der Waals surface area contributed by atoms with Gasteiger partial charge >= 0.3 is 0 Å². The average Bonchev–Trinajstić information content (AvgIpc) is 2.82. The predicted octanol–water partition coefficient (Wildman–Crippen LogP) is 5.96. The van der Waals surface area contributed by atoms with Gasteiger partial charge in [-0.15, -0.1) is 0 Å². The van der Waals surface area contributed by atoms with E-state index in [1.54, 1.807) is 0 Å². The van der Waals surface area contributed by atoms with E-state index >= 15 is 0 Å². The van der Waals surface area contributed by atoms with E-state index in [-0.39, 0.29) is 10.8 Å². The van der Waals surface area contributed by atoms with Crippen LogP contribution in [0.15, 0.2) is 72.8 Å². The lowest BCUT2D eigenvalue weighted by Gasteiger charge is -2.40. The normalized spacial score (nSPS) is 23.6. The Labute approximate surface area is 156 Å². The van der Waals surface area contributed by atoms with Crippen LogP contribution < -0.4 is 0 Å². The summed E-state index contributed by atoms with van der Waals surface area (Å²) in [4.78, 5) is 0. The molecule has 26 heavy (non-hydrogen) atoms. The van der Waals surface area contributed by atoms with E-state index < -0.39 is 0 Å². The smallest absolute Gasteiger partial charge is 0.115 e. The molecule has 1 nitrogen and oxygen atoms in total. The number of benzene rings is 3. The number of fused-ring (bicyclic) bond motifs is 1. The molecule has 1 N–H and O–H groups in total. The maximum atomic E-state index is 9.85. The minimum Gasteiger partial charge on any atom is -0.508 e. The molecule has 0 aliphatic heterocycles. The van der Waals surface area contributed by atoms with Crippen LogP contribution in [0.3, 0.4) is 0 Å². The average molecular weight is 342 g/mol. The fourth-order valence-corrected chi connectivity index (χ4v) is 4.92. The highest BCUT2D eigenvalue weighted by molar-refractivity contribution is 5.61. The van der Waals surface area contributed by atoms with Gasteiger partial charge in [-0.25, -0.2) is 0 Å². The Bertz CT molecular complexity index is 887. The van der Waals surface area contributed by atoms with Gasteiger partial charge in [0.2, 0.25) is 0 Å². The van der Waals surface area contributed by atoms with E-state index in [0.717, 1.165) is 0 Å². The molecule has 1 aliphatic rings. The summed E-state index contributed by atoms with van der Waals surface area (Å²) in [5, 5.41) is 9.85. The first kappa shape index (κ1) is 16.9. The molecule has 1 heteroatoms. The van der Waals surface area contributed by atoms with Crippen molar-refractivity contribution in [3.63, 3.8) is 0 Å². The molecule has 4 rings (SSSR count). The van der Waals surface area contributed by atoms with Gasteiger partial charge in [-0.05, 0) is 52.6 Å². The molecule has 0 fully saturated rings. The zero-order chi connectivity index (χ0) is 18.5. The zero-order valence-electron chi connectivity index (χ0n) is 16.0. The van der Waals surface area contributed by atoms with E-state index in [0.29, 0.717) is 11.7 Å². The number of aryl methyl sites for hydroxylation is 1. The number of hydrogen-bond donors (Lipinski definition) is 1. The van der Waals surface area contributed by atoms with Crippen molar-refractivity contribution in [2.24, 2.45) is 5.92 Å². The molecule has 0 spiro atoms. The second kappa shape index (κ2) is 5.74. The topological polar surface area (TPSA) is 20.2 Å². The maximum Gasteiger partial charge on any atom is 0.115 e. The first-order chi connectivity index (χ1) is 12.4. The largest absolute Gasteiger partial charge is 0.508 e. The van der Waals surface area contributed by atoms with Crippen molar-refractivity contribution in [1.29, 1.82) is 0 Å². The van der Waals surface area contributed by atoms with Gasteiger partial charge < -0.3 is 5.11 Å². The molecule has 0 saturated carbocycles. The monoisotopic (exact) mass is 342 g/mol. The Balaban J connectivity index is 2.10. The first-order valence-corrected chi connectivity index (χ1v) is 9.35. The Hall–Kier alpha value is -2.54. The molecular weight excluding hydrogens is 316 g/mol. The van der Waals surface area contributed by atoms with Crippen LogP contribution >= 0.6 is 0 Å². The SMILES string of the molecule is Cc1ccc(C2(c3ccc(O)cc3)c3ccccc3C(C)(C)C2C)cc1. The highest BCUT2D eigenvalue weighted by atomic mass is 16.3. The molecular formula is C25H26O. The molecule has 0 aromatic heterocycles. The lowest BCUT2D eigenvalue weighted by molar-refractivity contribution is 0.298. The van der Waals surface area contributed by atoms with Crippen molar-refractivity contribution in [3.05, 3.63) is 101 Å². The third-order valence-electron chi connectivity index (χ3n) is 6.61. The van der Waals surface area contributed by atoms with Crippen LogP contribution in [0.25, 0.3) is 0 Å². The van der Waals surface area contributed by atoms with Crippen molar-refractivity contribution in [2.45, 2.75) is 38.5 Å². The van der Waals surface area contributed by atoms with E-state index in [1.165, 1.54) is 27.8 Å². The fraction of sp³-hybridized carbons (Fsp3) is 0.280. The van der Waals surface area contributed by atoms with Crippen molar-refractivity contribution < 1.29 is 5.11 Å². The minimum atomic E-state index is -0.221. The third kappa shape index (κ3) is 2.16. The molecule has 0 bridgehead atoms. The number of aromatic hydroxyl groups is 1. The maximum absolute atomic E-state index is 9.85. The molecule has 2 unspecified atom stereocenters. The van der Waals surface area contributed by atoms with Crippen molar-refractivity contribution in [3.8, 4) is 5.75 Å². The Morgan fingerprint density at radius 1 is 0.731 bits per heavy atom. The molecule has 0 heterocycles. The lowest BCUT2D eigenvalue weighted by Crippen LogP contribution is -2.38. The van der Waals surface area contributed by atoms with E-state index in [1.807, 2.05) is 12.1 Å². The molecule has 1 aliphatic carbocycles. The lowest BCUT2D eigenvalue weighted by atomic mass is 9.62. The van der Waals surface area contributed by atoms with Crippen LogP contribution in [0.4, 0.5) is 0 Å². The van der Waals surface area contributed by atoms with Crippen LogP contribution in [0.1, 0.15) is 48.6 Å². The van der Waals surface area contributed by atoms with Gasteiger partial charge in [0.15, 0.2) is 0 Å². The van der Waals surface area contributed by atoms with Crippen LogP contribution in [0.2, 0.25) is 0 Å². The minimum absolute atomic E-state index is 0.0549. The summed E-state index contributed by atoms with van der Waals surface area (Å²) >= 11 is 0. The Morgan fingerprint density at radius 3 is 1.81 bits per heavy atom. The molecule has 132 valence electrons. The molecule has 0 amide bonds. The van der Waals surface area contributed by atoms with Gasteiger partial charge in [-0.3, -0.25) is 0 Å². The van der Waals surface area contributed by atoms with E-state index in [9.17, 15) is 5.11 Å². The van der Waals surface area contributed by atoms with Crippen LogP contribution in [-0.4, -0.2) is 5.11 Å². The van der Waals surface area contributed by atoms with Crippen molar-refractivity contribution in [2.75, 3.05) is 0 Å². The van der Waals surface area contributed by atoms with E-state index in [2.05, 4.69) is 88.4 Å². The molecule has 0 radical (unpaired) electrons. The van der Waals surface area contributed by atoms with Gasteiger partial charge in [-0.1, -0.05) is 87.0 Å². The first-order valence-electron chi connectivity index (χ1n) is 9.35. The highest BCUT2D eigenvalue weighted by Gasteiger charge is 2.55. The predicted molar refractivity (Wildman–Crippen MR) is 108 cm³/mol. The third-order valence-corrected chi connectivity index (χ3v) is 6.61. The summed E-state index contributed by atoms with van der Waals surface area (Å²) in [5.74, 6) is 0.686. The Morgan fingerprint density at radius 2 is 1.23 bits per heavy atom. The summed E-state index contributed by atoms with van der Waals surface area (Å²) in [6, 6.07) is 25.6. The Kier molecular flexibility index (Phi) is 3.73. The highest BCUT2D eigenvalue weighted by Crippen LogP contribution is 2.59. The number of rotatable bonds is 2. The van der Waals surface area contributed by atoms with Gasteiger partial charge in [0.25, 0.3) is 0 Å². The van der Waals surface area contributed by atoms with Gasteiger partial charge in [-0.2, -0.15) is 0 Å². The quantitative estimate of drug-likeness (QED) is 0.609. The molecule has 3 aromatic rings. The molecule has 0 saturated heterocycles. The molecule has 3 aromatic carbocycles. The van der Waals surface area contributed by atoms with Crippen LogP contribution in [0.5, 0.6) is 5.75 Å². The summed E-state index contributed by atoms with van der Waals surface area (Å²) in [7, 11) is 0. The number of phenolic OH excluding ortho intramolecular Hbond substituents is 1. The second-order valence-electron chi connectivity index (χ2n) is 8.21. The fourth-order valence-electron chi connectivity index (χ4n) is 4.92. The molecule has 2 atom stereocenters. The summed E-state index contributed by atoms with van der Waals surface area (Å²) in [6.07, 6.45) is 0. The number of hydrogen-bond acceptors (Lipinski definition) is 1. The summed E-state index contributed by atoms with van der Waals surface area (Å²) < 4.78 is 0. The standard InChI is InChI=1S/C25H26O/c1-17-9-11-19(12-10-17)25(20-13-15-21(26)16-14-20)18(2)24(3,4)22-7-5-6-8-23(22)25/h5-16,18,26H,1-4H3. The van der Waals surface area contributed by atoms with E-state index in [4.69, 9.17) is 0 Å². The van der Waals surface area contributed by atoms with Crippen molar-refractivity contribution in [1.82, 2.24) is 0 Å². The van der Waals surface area contributed by atoms with Crippen molar-refractivity contribution >= 4 is 0 Å². The zero-order valence-corrected chi connectivity index (χ0v) is 16.0. The van der Waals surface area contributed by atoms with Crippen LogP contribution in [-0.2, 0) is 10.8 Å². The second-order valence-corrected chi connectivity index (χ2v) is 8.21. The van der Waals surface area contributed by atoms with Crippen LogP contribution in [0, 0.1) is 12.8 Å². The van der Waals surface area contributed by atoms with Gasteiger partial charge in [0, 0.05) is 5.41 Å².